The van der Waals surface area contributed by atoms with E-state index in [9.17, 15) is 17.2 Å². The summed E-state index contributed by atoms with van der Waals surface area (Å²) in [7, 11) is -3.46. The highest BCUT2D eigenvalue weighted by atomic mass is 32.2. The van der Waals surface area contributed by atoms with Crippen molar-refractivity contribution in [2.24, 2.45) is 5.92 Å². The first-order valence-electron chi connectivity index (χ1n) is 8.28. The zero-order chi connectivity index (χ0) is 18.9. The van der Waals surface area contributed by atoms with Gasteiger partial charge in [0, 0.05) is 19.3 Å². The van der Waals surface area contributed by atoms with E-state index in [1.807, 2.05) is 13.8 Å². The van der Waals surface area contributed by atoms with Crippen LogP contribution < -0.4 is 9.46 Å². The number of sulfonamides is 1. The predicted octanol–water partition coefficient (Wildman–Crippen LogP) is 3.37. The quantitative estimate of drug-likeness (QED) is 0.566. The van der Waals surface area contributed by atoms with Gasteiger partial charge in [0.25, 0.3) is 6.43 Å². The molecule has 1 atom stereocenters. The molecule has 0 saturated heterocycles. The summed E-state index contributed by atoms with van der Waals surface area (Å²) in [6, 6.07) is 5.98. The van der Waals surface area contributed by atoms with Gasteiger partial charge in [-0.15, -0.1) is 0 Å². The smallest absolute Gasteiger partial charge is 0.272 e. The molecule has 0 aliphatic carbocycles. The Morgan fingerprint density at radius 3 is 2.52 bits per heavy atom. The summed E-state index contributed by atoms with van der Waals surface area (Å²) >= 11 is 0. The molecule has 0 aliphatic rings. The average Bonchev–Trinajstić information content (AvgIpc) is 2.52. The zero-order valence-electron chi connectivity index (χ0n) is 14.9. The molecule has 1 N–H and O–H groups in total. The molecular weight excluding hydrogens is 352 g/mol. The molecule has 5 nitrogen and oxygen atoms in total. The molecule has 1 aromatic carbocycles. The van der Waals surface area contributed by atoms with Gasteiger partial charge in [0.2, 0.25) is 10.0 Å². The number of benzene rings is 1. The Bertz CT molecular complexity index is 608. The summed E-state index contributed by atoms with van der Waals surface area (Å²) in [6.07, 6.45) is -2.15. The Kier molecular flexibility index (Phi) is 9.31. The van der Waals surface area contributed by atoms with Gasteiger partial charge >= 0.3 is 0 Å². The molecule has 0 saturated carbocycles. The second kappa shape index (κ2) is 10.7. The van der Waals surface area contributed by atoms with Crippen molar-refractivity contribution in [1.29, 1.82) is 0 Å². The highest BCUT2D eigenvalue weighted by Gasteiger charge is 2.16. The van der Waals surface area contributed by atoms with Crippen LogP contribution >= 0.6 is 0 Å². The van der Waals surface area contributed by atoms with Crippen molar-refractivity contribution < 1.29 is 26.7 Å². The minimum atomic E-state index is -3.46. The van der Waals surface area contributed by atoms with Crippen molar-refractivity contribution in [3.63, 3.8) is 0 Å². The Balaban J connectivity index is 2.50. The van der Waals surface area contributed by atoms with Crippen LogP contribution in [0.3, 0.4) is 0 Å². The molecular formula is C17H27F2NO4S. The number of halogens is 2. The van der Waals surface area contributed by atoms with Gasteiger partial charge in [-0.2, -0.15) is 0 Å². The third kappa shape index (κ3) is 9.72. The summed E-state index contributed by atoms with van der Waals surface area (Å²) in [5, 5.41) is 0. The number of nitrogens with one attached hydrogen (secondary N) is 1. The van der Waals surface area contributed by atoms with Crippen molar-refractivity contribution in [1.82, 2.24) is 4.72 Å². The van der Waals surface area contributed by atoms with Gasteiger partial charge in [0.05, 0.1) is 5.75 Å². The molecule has 0 bridgehead atoms. The molecule has 0 heterocycles. The molecule has 1 rings (SSSR count). The molecule has 0 unspecified atom stereocenters. The average molecular weight is 379 g/mol. The summed E-state index contributed by atoms with van der Waals surface area (Å²) in [5.74, 6) is 0.664. The van der Waals surface area contributed by atoms with Crippen molar-refractivity contribution in [2.75, 3.05) is 25.6 Å². The standard InChI is InChI=1S/C17H27F2NO4S/c1-13(2)11-23-8-5-9-25(21,22)20-14(3)15-6-4-7-16(10-15)24-12-17(18)19/h4,6-7,10,13-14,17,20H,5,8-9,11-12H2,1-3H3/t14-/m1/s1. The summed E-state index contributed by atoms with van der Waals surface area (Å²) in [4.78, 5) is 0. The monoisotopic (exact) mass is 379 g/mol. The lowest BCUT2D eigenvalue weighted by molar-refractivity contribution is 0.0818. The first kappa shape index (κ1) is 21.8. The highest BCUT2D eigenvalue weighted by molar-refractivity contribution is 7.89. The maximum Gasteiger partial charge on any atom is 0.272 e. The molecule has 0 spiro atoms. The van der Waals surface area contributed by atoms with E-state index in [0.717, 1.165) is 0 Å². The van der Waals surface area contributed by atoms with Gasteiger partial charge in [-0.1, -0.05) is 26.0 Å². The SMILES string of the molecule is CC(C)COCCCS(=O)(=O)N[C@H](C)c1cccc(OCC(F)F)c1. The Hall–Kier alpha value is -1.25. The molecule has 25 heavy (non-hydrogen) atoms. The van der Waals surface area contributed by atoms with E-state index >= 15 is 0 Å². The number of rotatable bonds is 12. The van der Waals surface area contributed by atoms with Crippen LogP contribution in [0.5, 0.6) is 5.75 Å². The number of alkyl halides is 2. The van der Waals surface area contributed by atoms with Crippen molar-refractivity contribution in [3.8, 4) is 5.75 Å². The largest absolute Gasteiger partial charge is 0.488 e. The maximum atomic E-state index is 12.2. The number of hydrogen-bond donors (Lipinski definition) is 1. The van der Waals surface area contributed by atoms with Crippen LogP contribution in [0.1, 0.15) is 38.8 Å². The fourth-order valence-electron chi connectivity index (χ4n) is 2.10. The molecule has 0 aromatic heterocycles. The van der Waals surface area contributed by atoms with Crippen LogP contribution in [-0.2, 0) is 14.8 Å². The molecule has 0 amide bonds. The van der Waals surface area contributed by atoms with E-state index in [-0.39, 0.29) is 11.5 Å². The minimum absolute atomic E-state index is 0.0307. The molecule has 144 valence electrons. The van der Waals surface area contributed by atoms with Gasteiger partial charge in [0.1, 0.15) is 12.4 Å². The summed E-state index contributed by atoms with van der Waals surface area (Å²) in [5.41, 5.74) is 0.645. The van der Waals surface area contributed by atoms with Gasteiger partial charge in [-0.25, -0.2) is 21.9 Å². The fraction of sp³-hybridized carbons (Fsp3) is 0.647. The Morgan fingerprint density at radius 2 is 1.88 bits per heavy atom. The Morgan fingerprint density at radius 1 is 1.16 bits per heavy atom. The third-order valence-electron chi connectivity index (χ3n) is 3.24. The highest BCUT2D eigenvalue weighted by Crippen LogP contribution is 2.20. The number of ether oxygens (including phenoxy) is 2. The van der Waals surface area contributed by atoms with Crippen LogP contribution in [0, 0.1) is 5.92 Å². The van der Waals surface area contributed by atoms with Crippen LogP contribution in [0.25, 0.3) is 0 Å². The second-order valence-electron chi connectivity index (χ2n) is 6.26. The normalized spacial score (nSPS) is 13.4. The van der Waals surface area contributed by atoms with Crippen LogP contribution in [0.15, 0.2) is 24.3 Å². The first-order valence-corrected chi connectivity index (χ1v) is 9.93. The predicted molar refractivity (Wildman–Crippen MR) is 93.6 cm³/mol. The molecule has 1 aromatic rings. The number of hydrogen-bond acceptors (Lipinski definition) is 4. The van der Waals surface area contributed by atoms with Crippen molar-refractivity contribution in [2.45, 2.75) is 39.7 Å². The van der Waals surface area contributed by atoms with E-state index in [0.29, 0.717) is 31.1 Å². The van der Waals surface area contributed by atoms with Crippen molar-refractivity contribution in [3.05, 3.63) is 29.8 Å². The molecule has 0 fully saturated rings. The summed E-state index contributed by atoms with van der Waals surface area (Å²) in [6.45, 7) is 6.05. The zero-order valence-corrected chi connectivity index (χ0v) is 15.7. The van der Waals surface area contributed by atoms with Crippen LogP contribution in [-0.4, -0.2) is 40.4 Å². The third-order valence-corrected chi connectivity index (χ3v) is 4.78. The van der Waals surface area contributed by atoms with E-state index < -0.39 is 29.1 Å². The lowest BCUT2D eigenvalue weighted by atomic mass is 10.1. The van der Waals surface area contributed by atoms with Gasteiger partial charge in [0.15, 0.2) is 0 Å². The lowest BCUT2D eigenvalue weighted by Crippen LogP contribution is -2.29. The van der Waals surface area contributed by atoms with Crippen molar-refractivity contribution >= 4 is 10.0 Å². The lowest BCUT2D eigenvalue weighted by Gasteiger charge is -2.16. The second-order valence-corrected chi connectivity index (χ2v) is 8.13. The Labute approximate surface area is 148 Å². The first-order chi connectivity index (χ1) is 11.7. The minimum Gasteiger partial charge on any atom is -0.488 e. The maximum absolute atomic E-state index is 12.2. The molecule has 0 aliphatic heterocycles. The van der Waals surface area contributed by atoms with Crippen LogP contribution in [0.2, 0.25) is 0 Å². The van der Waals surface area contributed by atoms with Gasteiger partial charge in [-0.05, 0) is 37.0 Å². The van der Waals surface area contributed by atoms with E-state index in [1.165, 1.54) is 0 Å². The van der Waals surface area contributed by atoms with E-state index in [4.69, 9.17) is 9.47 Å². The fourth-order valence-corrected chi connectivity index (χ4v) is 3.39. The van der Waals surface area contributed by atoms with Gasteiger partial charge < -0.3 is 9.47 Å². The van der Waals surface area contributed by atoms with Crippen LogP contribution in [0.4, 0.5) is 8.78 Å². The van der Waals surface area contributed by atoms with Gasteiger partial charge in [-0.3, -0.25) is 0 Å². The summed E-state index contributed by atoms with van der Waals surface area (Å²) < 4.78 is 61.5. The van der Waals surface area contributed by atoms with E-state index in [2.05, 4.69) is 4.72 Å². The molecule has 8 heteroatoms. The van der Waals surface area contributed by atoms with E-state index in [1.54, 1.807) is 31.2 Å². The topological polar surface area (TPSA) is 64.6 Å². The molecule has 0 radical (unpaired) electrons.